The molecule has 2 aromatic rings. The standard InChI is InChI=1S/C29H38N4O5/c1-6-7-16-31-26(35)25(22-10-8-9-20(2)18-22)33(17-15-30)27(36)24(32-28(37)38-29(3,4)5)19-21-11-13-23(34)14-12-21/h8-14,18,24-25,34H,6-7,16-17,19H2,1-5H3,(H,31,35)(H,32,37). The molecule has 204 valence electrons. The van der Waals surface area contributed by atoms with Gasteiger partial charge in [-0.05, 0) is 57.4 Å². The van der Waals surface area contributed by atoms with Crippen LogP contribution >= 0.6 is 0 Å². The van der Waals surface area contributed by atoms with Gasteiger partial charge in [-0.2, -0.15) is 5.26 Å². The molecule has 0 aliphatic heterocycles. The van der Waals surface area contributed by atoms with Gasteiger partial charge in [0.25, 0.3) is 0 Å². The summed E-state index contributed by atoms with van der Waals surface area (Å²) in [4.78, 5) is 41.3. The van der Waals surface area contributed by atoms with Gasteiger partial charge in [-0.25, -0.2) is 4.79 Å². The first-order chi connectivity index (χ1) is 17.9. The van der Waals surface area contributed by atoms with Crippen LogP contribution in [0.4, 0.5) is 4.79 Å². The van der Waals surface area contributed by atoms with Crippen molar-refractivity contribution in [3.63, 3.8) is 0 Å². The van der Waals surface area contributed by atoms with Crippen molar-refractivity contribution in [2.45, 2.75) is 71.6 Å². The second-order valence-electron chi connectivity index (χ2n) is 10.2. The van der Waals surface area contributed by atoms with Crippen LogP contribution in [0.1, 0.15) is 63.3 Å². The molecule has 2 unspecified atom stereocenters. The Bertz CT molecular complexity index is 1130. The Morgan fingerprint density at radius 3 is 2.39 bits per heavy atom. The number of aromatic hydroxyl groups is 1. The predicted octanol–water partition coefficient (Wildman–Crippen LogP) is 4.15. The molecule has 0 radical (unpaired) electrons. The molecule has 9 nitrogen and oxygen atoms in total. The molecule has 2 aromatic carbocycles. The first-order valence-electron chi connectivity index (χ1n) is 12.7. The molecular weight excluding hydrogens is 484 g/mol. The number of rotatable bonds is 11. The van der Waals surface area contributed by atoms with E-state index >= 15 is 0 Å². The third-order valence-electron chi connectivity index (χ3n) is 5.64. The van der Waals surface area contributed by atoms with E-state index in [0.717, 1.165) is 18.4 Å². The van der Waals surface area contributed by atoms with E-state index in [1.807, 2.05) is 26.0 Å². The summed E-state index contributed by atoms with van der Waals surface area (Å²) in [5, 5.41) is 24.8. The molecule has 0 saturated heterocycles. The minimum Gasteiger partial charge on any atom is -0.508 e. The molecule has 0 saturated carbocycles. The van der Waals surface area contributed by atoms with Crippen molar-refractivity contribution in [1.29, 1.82) is 5.26 Å². The molecule has 3 amide bonds. The molecule has 0 fully saturated rings. The number of aryl methyl sites for hydroxylation is 1. The molecule has 9 heteroatoms. The number of hydrogen-bond acceptors (Lipinski definition) is 6. The van der Waals surface area contributed by atoms with Crippen LogP contribution in [-0.2, 0) is 20.7 Å². The Balaban J connectivity index is 2.50. The highest BCUT2D eigenvalue weighted by molar-refractivity contribution is 5.92. The van der Waals surface area contributed by atoms with Crippen molar-refractivity contribution >= 4 is 17.9 Å². The van der Waals surface area contributed by atoms with Gasteiger partial charge in [0.15, 0.2) is 0 Å². The lowest BCUT2D eigenvalue weighted by atomic mass is 9.99. The summed E-state index contributed by atoms with van der Waals surface area (Å²) in [5.74, 6) is -0.956. The zero-order valence-electron chi connectivity index (χ0n) is 22.8. The Hall–Kier alpha value is -4.06. The molecule has 38 heavy (non-hydrogen) atoms. The summed E-state index contributed by atoms with van der Waals surface area (Å²) in [7, 11) is 0. The second kappa shape index (κ2) is 14.0. The maximum absolute atomic E-state index is 14.0. The van der Waals surface area contributed by atoms with Gasteiger partial charge in [-0.1, -0.05) is 55.3 Å². The molecule has 0 heterocycles. The number of carbonyl (C=O) groups excluding carboxylic acids is 3. The number of alkyl carbamates (subject to hydrolysis) is 1. The summed E-state index contributed by atoms with van der Waals surface area (Å²) >= 11 is 0. The lowest BCUT2D eigenvalue weighted by Crippen LogP contribution is -2.54. The Morgan fingerprint density at radius 2 is 1.82 bits per heavy atom. The fourth-order valence-electron chi connectivity index (χ4n) is 3.89. The highest BCUT2D eigenvalue weighted by Gasteiger charge is 2.36. The third kappa shape index (κ3) is 9.43. The van der Waals surface area contributed by atoms with Gasteiger partial charge in [0.1, 0.15) is 30.0 Å². The predicted molar refractivity (Wildman–Crippen MR) is 144 cm³/mol. The number of benzene rings is 2. The smallest absolute Gasteiger partial charge is 0.408 e. The molecule has 2 rings (SSSR count). The summed E-state index contributed by atoms with van der Waals surface area (Å²) < 4.78 is 5.38. The topological polar surface area (TPSA) is 132 Å². The van der Waals surface area contributed by atoms with Crippen LogP contribution in [-0.4, -0.2) is 52.6 Å². The van der Waals surface area contributed by atoms with Gasteiger partial charge in [0.2, 0.25) is 11.8 Å². The van der Waals surface area contributed by atoms with Crippen molar-refractivity contribution in [2.24, 2.45) is 0 Å². The minimum absolute atomic E-state index is 0.0538. The summed E-state index contributed by atoms with van der Waals surface area (Å²) in [6.07, 6.45) is 0.900. The number of nitriles is 1. The molecule has 3 N–H and O–H groups in total. The van der Waals surface area contributed by atoms with Crippen LogP contribution < -0.4 is 10.6 Å². The molecule has 0 bridgehead atoms. The van der Waals surface area contributed by atoms with Crippen LogP contribution in [0.2, 0.25) is 0 Å². The maximum atomic E-state index is 14.0. The maximum Gasteiger partial charge on any atom is 0.408 e. The molecular formula is C29H38N4O5. The van der Waals surface area contributed by atoms with E-state index in [-0.39, 0.29) is 18.7 Å². The molecule has 2 atom stereocenters. The largest absolute Gasteiger partial charge is 0.508 e. The highest BCUT2D eigenvalue weighted by atomic mass is 16.6. The van der Waals surface area contributed by atoms with Crippen LogP contribution in [0.15, 0.2) is 48.5 Å². The van der Waals surface area contributed by atoms with Gasteiger partial charge in [0, 0.05) is 13.0 Å². The zero-order chi connectivity index (χ0) is 28.3. The Morgan fingerprint density at radius 1 is 1.13 bits per heavy atom. The molecule has 0 aliphatic rings. The van der Waals surface area contributed by atoms with Gasteiger partial charge in [-0.3, -0.25) is 9.59 Å². The van der Waals surface area contributed by atoms with E-state index in [4.69, 9.17) is 4.74 Å². The monoisotopic (exact) mass is 522 g/mol. The number of nitrogens with zero attached hydrogens (tertiary/aromatic N) is 2. The van der Waals surface area contributed by atoms with Crippen LogP contribution in [0, 0.1) is 18.3 Å². The average molecular weight is 523 g/mol. The molecule has 0 spiro atoms. The zero-order valence-corrected chi connectivity index (χ0v) is 22.8. The number of amides is 3. The van der Waals surface area contributed by atoms with Crippen LogP contribution in [0.25, 0.3) is 0 Å². The first-order valence-corrected chi connectivity index (χ1v) is 12.7. The molecule has 0 aromatic heterocycles. The number of phenols is 1. The Labute approximate surface area is 224 Å². The van der Waals surface area contributed by atoms with E-state index in [0.29, 0.717) is 17.7 Å². The van der Waals surface area contributed by atoms with Gasteiger partial charge in [-0.15, -0.1) is 0 Å². The minimum atomic E-state index is -1.14. The van der Waals surface area contributed by atoms with E-state index in [2.05, 4.69) is 10.6 Å². The number of carbonyl (C=O) groups is 3. The van der Waals surface area contributed by atoms with Crippen molar-refractivity contribution in [1.82, 2.24) is 15.5 Å². The molecule has 0 aliphatic carbocycles. The van der Waals surface area contributed by atoms with Crippen molar-refractivity contribution < 1.29 is 24.2 Å². The van der Waals surface area contributed by atoms with E-state index in [9.17, 15) is 24.8 Å². The Kier molecular flexibility index (Phi) is 11.1. The van der Waals surface area contributed by atoms with Crippen LogP contribution in [0.5, 0.6) is 5.75 Å². The van der Waals surface area contributed by atoms with Crippen molar-refractivity contribution in [3.05, 3.63) is 65.2 Å². The van der Waals surface area contributed by atoms with E-state index in [1.54, 1.807) is 51.1 Å². The number of ether oxygens (including phenoxy) is 1. The van der Waals surface area contributed by atoms with Gasteiger partial charge in [0.05, 0.1) is 6.07 Å². The lowest BCUT2D eigenvalue weighted by molar-refractivity contribution is -0.141. The fraction of sp³-hybridized carbons (Fsp3) is 0.448. The SMILES string of the molecule is CCCCNC(=O)C(c1cccc(C)c1)N(CC#N)C(=O)C(Cc1ccc(O)cc1)NC(=O)OC(C)(C)C. The normalized spacial score (nSPS) is 12.5. The number of nitrogens with one attached hydrogen (secondary N) is 2. The number of phenolic OH excluding ortho intramolecular Hbond substituents is 1. The summed E-state index contributed by atoms with van der Waals surface area (Å²) in [6.45, 7) is 9.06. The summed E-state index contributed by atoms with van der Waals surface area (Å²) in [5.41, 5.74) is 1.31. The number of hydrogen-bond donors (Lipinski definition) is 3. The third-order valence-corrected chi connectivity index (χ3v) is 5.64. The fourth-order valence-corrected chi connectivity index (χ4v) is 3.89. The first kappa shape index (κ1) is 30.2. The van der Waals surface area contributed by atoms with Crippen molar-refractivity contribution in [2.75, 3.05) is 13.1 Å². The number of unbranched alkanes of at least 4 members (excludes halogenated alkanes) is 1. The van der Waals surface area contributed by atoms with E-state index < -0.39 is 35.6 Å². The second-order valence-corrected chi connectivity index (χ2v) is 10.2. The van der Waals surface area contributed by atoms with Crippen LogP contribution in [0.3, 0.4) is 0 Å². The summed E-state index contributed by atoms with van der Waals surface area (Å²) in [6, 6.07) is 13.2. The quantitative estimate of drug-likeness (QED) is 0.300. The lowest BCUT2D eigenvalue weighted by Gasteiger charge is -2.33. The van der Waals surface area contributed by atoms with Crippen molar-refractivity contribution in [3.8, 4) is 11.8 Å². The van der Waals surface area contributed by atoms with E-state index in [1.165, 1.54) is 17.0 Å². The van der Waals surface area contributed by atoms with Gasteiger partial charge < -0.3 is 25.4 Å². The highest BCUT2D eigenvalue weighted by Crippen LogP contribution is 2.24. The van der Waals surface area contributed by atoms with Gasteiger partial charge >= 0.3 is 6.09 Å². The average Bonchev–Trinajstić information content (AvgIpc) is 2.83.